The SMILES string of the molecule is Cc1nc(C(C)(O)NC(C)(C)C)ccc1O. The summed E-state index contributed by atoms with van der Waals surface area (Å²) in [6.45, 7) is 9.25. The molecule has 1 rings (SSSR count). The van der Waals surface area contributed by atoms with Crippen molar-refractivity contribution in [2.45, 2.75) is 45.9 Å². The number of aryl methyl sites for hydroxylation is 1. The summed E-state index contributed by atoms with van der Waals surface area (Å²) < 4.78 is 0. The van der Waals surface area contributed by atoms with Crippen LogP contribution in [0.4, 0.5) is 0 Å². The largest absolute Gasteiger partial charge is 0.506 e. The molecule has 0 spiro atoms. The third kappa shape index (κ3) is 3.18. The van der Waals surface area contributed by atoms with E-state index in [1.54, 1.807) is 19.9 Å². The Bertz CT molecular complexity index is 381. The van der Waals surface area contributed by atoms with Gasteiger partial charge in [0.25, 0.3) is 0 Å². The average molecular weight is 224 g/mol. The number of aromatic hydroxyl groups is 1. The van der Waals surface area contributed by atoms with Crippen LogP contribution >= 0.6 is 0 Å². The molecule has 0 fully saturated rings. The Kier molecular flexibility index (Phi) is 3.26. The van der Waals surface area contributed by atoms with Crippen LogP contribution in [-0.4, -0.2) is 20.7 Å². The molecule has 0 radical (unpaired) electrons. The quantitative estimate of drug-likeness (QED) is 0.668. The first-order chi connectivity index (χ1) is 7.12. The van der Waals surface area contributed by atoms with Gasteiger partial charge in [0.15, 0.2) is 5.72 Å². The molecule has 0 aliphatic rings. The lowest BCUT2D eigenvalue weighted by Gasteiger charge is -2.33. The van der Waals surface area contributed by atoms with Crippen molar-refractivity contribution in [2.75, 3.05) is 0 Å². The van der Waals surface area contributed by atoms with Gasteiger partial charge in [-0.3, -0.25) is 5.32 Å². The molecular weight excluding hydrogens is 204 g/mol. The molecule has 1 aromatic rings. The predicted molar refractivity (Wildman–Crippen MR) is 63.1 cm³/mol. The fourth-order valence-corrected chi connectivity index (χ4v) is 1.62. The molecule has 0 aromatic carbocycles. The van der Waals surface area contributed by atoms with E-state index >= 15 is 0 Å². The first-order valence-corrected chi connectivity index (χ1v) is 5.31. The molecule has 1 heterocycles. The van der Waals surface area contributed by atoms with Crippen LogP contribution in [-0.2, 0) is 5.72 Å². The molecule has 0 saturated heterocycles. The van der Waals surface area contributed by atoms with Crippen molar-refractivity contribution >= 4 is 0 Å². The third-order valence-corrected chi connectivity index (χ3v) is 2.18. The minimum Gasteiger partial charge on any atom is -0.506 e. The summed E-state index contributed by atoms with van der Waals surface area (Å²) in [6, 6.07) is 3.15. The predicted octanol–water partition coefficient (Wildman–Crippen LogP) is 1.65. The molecule has 4 heteroatoms. The van der Waals surface area contributed by atoms with E-state index < -0.39 is 5.72 Å². The van der Waals surface area contributed by atoms with Crippen LogP contribution in [0.3, 0.4) is 0 Å². The lowest BCUT2D eigenvalue weighted by Crippen LogP contribution is -2.50. The van der Waals surface area contributed by atoms with E-state index in [4.69, 9.17) is 0 Å². The molecule has 1 unspecified atom stereocenters. The lowest BCUT2D eigenvalue weighted by atomic mass is 10.0. The van der Waals surface area contributed by atoms with Crippen LogP contribution in [0, 0.1) is 6.92 Å². The van der Waals surface area contributed by atoms with E-state index in [1.165, 1.54) is 6.07 Å². The molecule has 1 aromatic heterocycles. The van der Waals surface area contributed by atoms with E-state index in [9.17, 15) is 10.2 Å². The molecule has 4 nitrogen and oxygen atoms in total. The number of pyridine rings is 1. The van der Waals surface area contributed by atoms with Crippen molar-refractivity contribution in [1.29, 1.82) is 0 Å². The van der Waals surface area contributed by atoms with Gasteiger partial charge in [0.2, 0.25) is 0 Å². The Morgan fingerprint density at radius 1 is 1.19 bits per heavy atom. The van der Waals surface area contributed by atoms with Gasteiger partial charge in [0.05, 0.1) is 11.4 Å². The highest BCUT2D eigenvalue weighted by molar-refractivity contribution is 5.28. The average Bonchev–Trinajstić information content (AvgIpc) is 2.05. The highest BCUT2D eigenvalue weighted by Crippen LogP contribution is 2.22. The molecule has 90 valence electrons. The van der Waals surface area contributed by atoms with Crippen molar-refractivity contribution in [3.63, 3.8) is 0 Å². The van der Waals surface area contributed by atoms with Gasteiger partial charge in [0, 0.05) is 5.54 Å². The number of nitrogens with one attached hydrogen (secondary N) is 1. The summed E-state index contributed by atoms with van der Waals surface area (Å²) >= 11 is 0. The Balaban J connectivity index is 3.02. The maximum atomic E-state index is 10.3. The molecule has 0 saturated carbocycles. The van der Waals surface area contributed by atoms with Gasteiger partial charge in [-0.15, -0.1) is 0 Å². The molecule has 3 N–H and O–H groups in total. The number of rotatable bonds is 2. The summed E-state index contributed by atoms with van der Waals surface area (Å²) in [4.78, 5) is 4.17. The Morgan fingerprint density at radius 3 is 2.19 bits per heavy atom. The van der Waals surface area contributed by atoms with Crippen molar-refractivity contribution in [3.8, 4) is 5.75 Å². The topological polar surface area (TPSA) is 65.4 Å². The molecule has 0 amide bonds. The number of aromatic nitrogens is 1. The van der Waals surface area contributed by atoms with Crippen LogP contribution in [0.2, 0.25) is 0 Å². The van der Waals surface area contributed by atoms with Gasteiger partial charge < -0.3 is 10.2 Å². The molecule has 1 atom stereocenters. The van der Waals surface area contributed by atoms with E-state index in [1.807, 2.05) is 20.8 Å². The first kappa shape index (κ1) is 12.9. The number of hydrogen-bond acceptors (Lipinski definition) is 4. The maximum Gasteiger partial charge on any atom is 0.156 e. The monoisotopic (exact) mass is 224 g/mol. The minimum absolute atomic E-state index is 0.135. The van der Waals surface area contributed by atoms with E-state index in [0.717, 1.165) is 0 Å². The zero-order valence-electron chi connectivity index (χ0n) is 10.5. The van der Waals surface area contributed by atoms with Crippen LogP contribution in [0.1, 0.15) is 39.1 Å². The summed E-state index contributed by atoms with van der Waals surface area (Å²) in [7, 11) is 0. The van der Waals surface area contributed by atoms with Gasteiger partial charge in [-0.1, -0.05) is 0 Å². The van der Waals surface area contributed by atoms with Crippen molar-refractivity contribution < 1.29 is 10.2 Å². The molecule has 0 bridgehead atoms. The van der Waals surface area contributed by atoms with Crippen molar-refractivity contribution in [1.82, 2.24) is 10.3 Å². The smallest absolute Gasteiger partial charge is 0.156 e. The Hall–Kier alpha value is -1.13. The molecular formula is C12H20N2O2. The second-order valence-electron chi connectivity index (χ2n) is 5.25. The van der Waals surface area contributed by atoms with Gasteiger partial charge >= 0.3 is 0 Å². The summed E-state index contributed by atoms with van der Waals surface area (Å²) in [5.41, 5.74) is -0.431. The maximum absolute atomic E-state index is 10.3. The first-order valence-electron chi connectivity index (χ1n) is 5.31. The number of aliphatic hydroxyl groups is 1. The Labute approximate surface area is 96.3 Å². The summed E-state index contributed by atoms with van der Waals surface area (Å²) in [5, 5.41) is 22.7. The summed E-state index contributed by atoms with van der Waals surface area (Å²) in [5.74, 6) is 0.135. The van der Waals surface area contributed by atoms with E-state index in [0.29, 0.717) is 11.4 Å². The highest BCUT2D eigenvalue weighted by atomic mass is 16.3. The second-order valence-corrected chi connectivity index (χ2v) is 5.25. The highest BCUT2D eigenvalue weighted by Gasteiger charge is 2.29. The van der Waals surface area contributed by atoms with Crippen LogP contribution in [0.5, 0.6) is 5.75 Å². The zero-order valence-corrected chi connectivity index (χ0v) is 10.5. The van der Waals surface area contributed by atoms with Crippen molar-refractivity contribution in [3.05, 3.63) is 23.5 Å². The minimum atomic E-state index is -1.21. The third-order valence-electron chi connectivity index (χ3n) is 2.18. The summed E-state index contributed by atoms with van der Waals surface area (Å²) in [6.07, 6.45) is 0. The molecule has 0 aliphatic heterocycles. The van der Waals surface area contributed by atoms with E-state index in [2.05, 4.69) is 10.3 Å². The fourth-order valence-electron chi connectivity index (χ4n) is 1.62. The van der Waals surface area contributed by atoms with Gasteiger partial charge in [-0.2, -0.15) is 0 Å². The standard InChI is InChI=1S/C12H20N2O2/c1-8-9(15)6-7-10(13-8)12(5,16)14-11(2,3)4/h6-7,14-16H,1-5H3. The number of nitrogens with zero attached hydrogens (tertiary/aromatic N) is 1. The normalized spacial score (nSPS) is 15.9. The zero-order chi connectivity index (χ0) is 12.6. The number of hydrogen-bond donors (Lipinski definition) is 3. The second kappa shape index (κ2) is 4.03. The van der Waals surface area contributed by atoms with Crippen LogP contribution in [0.15, 0.2) is 12.1 Å². The van der Waals surface area contributed by atoms with E-state index in [-0.39, 0.29) is 11.3 Å². The molecule has 16 heavy (non-hydrogen) atoms. The lowest BCUT2D eigenvalue weighted by molar-refractivity contribution is -0.00827. The van der Waals surface area contributed by atoms with Gasteiger partial charge in [-0.05, 0) is 46.8 Å². The van der Waals surface area contributed by atoms with Crippen LogP contribution in [0.25, 0.3) is 0 Å². The van der Waals surface area contributed by atoms with Gasteiger partial charge in [-0.25, -0.2) is 4.98 Å². The molecule has 0 aliphatic carbocycles. The van der Waals surface area contributed by atoms with Crippen molar-refractivity contribution in [2.24, 2.45) is 0 Å². The van der Waals surface area contributed by atoms with Crippen LogP contribution < -0.4 is 5.32 Å². The Morgan fingerprint density at radius 2 is 1.75 bits per heavy atom. The van der Waals surface area contributed by atoms with Gasteiger partial charge in [0.1, 0.15) is 5.75 Å². The fraction of sp³-hybridized carbons (Fsp3) is 0.583.